The first-order chi connectivity index (χ1) is 6.92. The van der Waals surface area contributed by atoms with Gasteiger partial charge in [-0.05, 0) is 19.4 Å². The number of rotatable bonds is 7. The summed E-state index contributed by atoms with van der Waals surface area (Å²) in [6.07, 6.45) is -1.92. The van der Waals surface area contributed by atoms with Crippen molar-refractivity contribution in [3.63, 3.8) is 0 Å². The van der Waals surface area contributed by atoms with E-state index in [-0.39, 0.29) is 6.42 Å². The van der Waals surface area contributed by atoms with E-state index in [0.29, 0.717) is 19.5 Å². The van der Waals surface area contributed by atoms with Gasteiger partial charge in [0.1, 0.15) is 0 Å². The molecule has 0 fully saturated rings. The molecule has 0 amide bonds. The summed E-state index contributed by atoms with van der Waals surface area (Å²) in [6.45, 7) is 0.818. The van der Waals surface area contributed by atoms with E-state index in [2.05, 4.69) is 5.32 Å². The van der Waals surface area contributed by atoms with Gasteiger partial charge in [-0.1, -0.05) is 6.08 Å². The molecule has 15 heavy (non-hydrogen) atoms. The van der Waals surface area contributed by atoms with Crippen molar-refractivity contribution in [3.8, 4) is 0 Å². The molecule has 88 valence electrons. The molecular formula is C9H14F3NO2. The van der Waals surface area contributed by atoms with Crippen molar-refractivity contribution in [3.05, 3.63) is 12.2 Å². The predicted molar refractivity (Wildman–Crippen MR) is 49.6 cm³/mol. The lowest BCUT2D eigenvalue weighted by Crippen LogP contribution is -2.16. The maximum atomic E-state index is 11.7. The van der Waals surface area contributed by atoms with E-state index in [9.17, 15) is 18.0 Å². The molecule has 0 aliphatic rings. The van der Waals surface area contributed by atoms with Crippen LogP contribution in [0, 0.1) is 0 Å². The van der Waals surface area contributed by atoms with Gasteiger partial charge in [-0.15, -0.1) is 0 Å². The Morgan fingerprint density at radius 3 is 2.53 bits per heavy atom. The average Bonchev–Trinajstić information content (AvgIpc) is 2.07. The lowest BCUT2D eigenvalue weighted by atomic mass is 10.2. The van der Waals surface area contributed by atoms with E-state index in [1.807, 2.05) is 0 Å². The van der Waals surface area contributed by atoms with Crippen molar-refractivity contribution in [1.82, 2.24) is 5.32 Å². The molecule has 0 aliphatic carbocycles. The fourth-order valence-electron chi connectivity index (χ4n) is 0.921. The molecule has 3 nitrogen and oxygen atoms in total. The van der Waals surface area contributed by atoms with Crippen LogP contribution in [0.25, 0.3) is 0 Å². The van der Waals surface area contributed by atoms with Gasteiger partial charge in [-0.25, -0.2) is 4.79 Å². The standard InChI is InChI=1S/C9H14F3NO2/c10-9(11,12)5-1-2-6-13-7-3-4-8(14)15/h3-4,13H,1-2,5-7H2,(H,14,15)/b4-3+. The third-order valence-corrected chi connectivity index (χ3v) is 1.59. The largest absolute Gasteiger partial charge is 0.478 e. The van der Waals surface area contributed by atoms with Gasteiger partial charge in [0.05, 0.1) is 0 Å². The summed E-state index contributed by atoms with van der Waals surface area (Å²) in [7, 11) is 0. The van der Waals surface area contributed by atoms with Gasteiger partial charge >= 0.3 is 12.1 Å². The third kappa shape index (κ3) is 13.0. The second-order valence-corrected chi connectivity index (χ2v) is 3.02. The quantitative estimate of drug-likeness (QED) is 0.514. The van der Waals surface area contributed by atoms with Gasteiger partial charge in [-0.3, -0.25) is 0 Å². The zero-order chi connectivity index (χ0) is 11.7. The van der Waals surface area contributed by atoms with Crippen LogP contribution in [-0.4, -0.2) is 30.3 Å². The summed E-state index contributed by atoms with van der Waals surface area (Å²) < 4.78 is 35.0. The molecule has 0 aromatic rings. The molecule has 0 atom stereocenters. The van der Waals surface area contributed by atoms with E-state index in [1.54, 1.807) is 0 Å². The van der Waals surface area contributed by atoms with E-state index < -0.39 is 18.6 Å². The zero-order valence-corrected chi connectivity index (χ0v) is 8.18. The first-order valence-electron chi connectivity index (χ1n) is 4.59. The number of alkyl halides is 3. The monoisotopic (exact) mass is 225 g/mol. The highest BCUT2D eigenvalue weighted by atomic mass is 19.4. The highest BCUT2D eigenvalue weighted by molar-refractivity contribution is 5.79. The molecule has 0 saturated heterocycles. The van der Waals surface area contributed by atoms with Crippen molar-refractivity contribution in [2.24, 2.45) is 0 Å². The van der Waals surface area contributed by atoms with Gasteiger partial charge in [-0.2, -0.15) is 13.2 Å². The Morgan fingerprint density at radius 2 is 2.00 bits per heavy atom. The number of carboxylic acids is 1. The lowest BCUT2D eigenvalue weighted by molar-refractivity contribution is -0.135. The summed E-state index contributed by atoms with van der Waals surface area (Å²) in [5, 5.41) is 11.0. The zero-order valence-electron chi connectivity index (χ0n) is 8.18. The molecule has 0 aromatic heterocycles. The summed E-state index contributed by atoms with van der Waals surface area (Å²) >= 11 is 0. The molecule has 0 spiro atoms. The van der Waals surface area contributed by atoms with Crippen LogP contribution < -0.4 is 5.32 Å². The molecule has 0 saturated carbocycles. The first kappa shape index (κ1) is 14.0. The summed E-state index contributed by atoms with van der Waals surface area (Å²) in [5.74, 6) is -1.03. The number of aliphatic carboxylic acids is 1. The Balaban J connectivity index is 3.22. The minimum absolute atomic E-state index is 0.0964. The van der Waals surface area contributed by atoms with Gasteiger partial charge in [0.25, 0.3) is 0 Å². The molecule has 0 heterocycles. The van der Waals surface area contributed by atoms with Crippen molar-refractivity contribution >= 4 is 5.97 Å². The van der Waals surface area contributed by atoms with Crippen LogP contribution in [-0.2, 0) is 4.79 Å². The fourth-order valence-corrected chi connectivity index (χ4v) is 0.921. The Hall–Kier alpha value is -1.04. The molecule has 0 radical (unpaired) electrons. The van der Waals surface area contributed by atoms with Crippen molar-refractivity contribution in [1.29, 1.82) is 0 Å². The molecule has 2 N–H and O–H groups in total. The third-order valence-electron chi connectivity index (χ3n) is 1.59. The van der Waals surface area contributed by atoms with Gasteiger partial charge < -0.3 is 10.4 Å². The normalized spacial score (nSPS) is 12.2. The fraction of sp³-hybridized carbons (Fsp3) is 0.667. The molecule has 6 heteroatoms. The summed E-state index contributed by atoms with van der Waals surface area (Å²) in [5.41, 5.74) is 0. The van der Waals surface area contributed by atoms with E-state index >= 15 is 0 Å². The maximum Gasteiger partial charge on any atom is 0.389 e. The van der Waals surface area contributed by atoms with E-state index in [0.717, 1.165) is 6.08 Å². The Morgan fingerprint density at radius 1 is 1.33 bits per heavy atom. The van der Waals surface area contributed by atoms with Crippen LogP contribution in [0.5, 0.6) is 0 Å². The second-order valence-electron chi connectivity index (χ2n) is 3.02. The van der Waals surface area contributed by atoms with Gasteiger partial charge in [0.2, 0.25) is 0 Å². The van der Waals surface area contributed by atoms with E-state index in [4.69, 9.17) is 5.11 Å². The van der Waals surface area contributed by atoms with Crippen molar-refractivity contribution in [2.45, 2.75) is 25.4 Å². The number of carbonyl (C=O) groups is 1. The smallest absolute Gasteiger partial charge is 0.389 e. The molecule has 0 aromatic carbocycles. The number of halogens is 3. The molecule has 0 rings (SSSR count). The highest BCUT2D eigenvalue weighted by Gasteiger charge is 2.25. The van der Waals surface area contributed by atoms with Crippen LogP contribution in [0.1, 0.15) is 19.3 Å². The molecule has 0 bridgehead atoms. The van der Waals surface area contributed by atoms with Crippen molar-refractivity contribution in [2.75, 3.05) is 13.1 Å². The first-order valence-corrected chi connectivity index (χ1v) is 4.59. The highest BCUT2D eigenvalue weighted by Crippen LogP contribution is 2.21. The topological polar surface area (TPSA) is 49.3 Å². The minimum Gasteiger partial charge on any atom is -0.478 e. The number of hydrogen-bond donors (Lipinski definition) is 2. The van der Waals surface area contributed by atoms with Crippen LogP contribution >= 0.6 is 0 Å². The minimum atomic E-state index is -4.08. The van der Waals surface area contributed by atoms with Crippen LogP contribution in [0.3, 0.4) is 0 Å². The van der Waals surface area contributed by atoms with Crippen LogP contribution in [0.2, 0.25) is 0 Å². The second kappa shape index (κ2) is 7.28. The van der Waals surface area contributed by atoms with Gasteiger partial charge in [0.15, 0.2) is 0 Å². The van der Waals surface area contributed by atoms with Gasteiger partial charge in [0, 0.05) is 19.0 Å². The molecule has 0 aliphatic heterocycles. The maximum absolute atomic E-state index is 11.7. The Kier molecular flexibility index (Phi) is 6.77. The van der Waals surface area contributed by atoms with Crippen LogP contribution in [0.15, 0.2) is 12.2 Å². The van der Waals surface area contributed by atoms with E-state index in [1.165, 1.54) is 6.08 Å². The summed E-state index contributed by atoms with van der Waals surface area (Å²) in [6, 6.07) is 0. The average molecular weight is 225 g/mol. The predicted octanol–water partition coefficient (Wildman–Crippen LogP) is 1.95. The Labute approximate surface area is 86.0 Å². The number of carboxylic acid groups (broad SMARTS) is 1. The van der Waals surface area contributed by atoms with Crippen LogP contribution in [0.4, 0.5) is 13.2 Å². The number of hydrogen-bond acceptors (Lipinski definition) is 2. The number of unbranched alkanes of at least 4 members (excludes halogenated alkanes) is 1. The molecule has 0 unspecified atom stereocenters. The SMILES string of the molecule is O=C(O)/C=C/CNCCCCC(F)(F)F. The Bertz CT molecular complexity index is 214. The number of nitrogens with one attached hydrogen (secondary N) is 1. The lowest BCUT2D eigenvalue weighted by Gasteiger charge is -2.05. The van der Waals surface area contributed by atoms with Crippen molar-refractivity contribution < 1.29 is 23.1 Å². The molecular weight excluding hydrogens is 211 g/mol. The summed E-state index contributed by atoms with van der Waals surface area (Å²) in [4.78, 5) is 10.0.